The van der Waals surface area contributed by atoms with E-state index >= 15 is 0 Å². The number of carbonyl (C=O) groups excluding carboxylic acids is 2. The fourth-order valence-corrected chi connectivity index (χ4v) is 4.22. The average molecular weight is 374 g/mol. The number of nitrogens with zero attached hydrogens (tertiary/aromatic N) is 2. The zero-order chi connectivity index (χ0) is 19.8. The van der Waals surface area contributed by atoms with Gasteiger partial charge in [-0.15, -0.1) is 0 Å². The van der Waals surface area contributed by atoms with Crippen molar-refractivity contribution in [1.29, 1.82) is 0 Å². The molecule has 2 aliphatic heterocycles. The minimum atomic E-state index is -0.226. The molecule has 4 heteroatoms. The Morgan fingerprint density at radius 1 is 0.929 bits per heavy atom. The van der Waals surface area contributed by atoms with Crippen LogP contribution in [0.1, 0.15) is 36.5 Å². The summed E-state index contributed by atoms with van der Waals surface area (Å²) in [6, 6.07) is 15.5. The van der Waals surface area contributed by atoms with Gasteiger partial charge in [-0.05, 0) is 49.8 Å². The van der Waals surface area contributed by atoms with Gasteiger partial charge in [-0.3, -0.25) is 9.59 Å². The van der Waals surface area contributed by atoms with Crippen LogP contribution in [0.4, 0.5) is 5.69 Å². The molecule has 4 nitrogen and oxygen atoms in total. The van der Waals surface area contributed by atoms with Crippen LogP contribution in [0.25, 0.3) is 5.57 Å². The number of likely N-dealkylation sites (tertiary alicyclic amines) is 1. The fourth-order valence-electron chi connectivity index (χ4n) is 4.22. The number of rotatable bonds is 3. The Morgan fingerprint density at radius 2 is 1.64 bits per heavy atom. The van der Waals surface area contributed by atoms with Crippen LogP contribution < -0.4 is 4.90 Å². The van der Waals surface area contributed by atoms with E-state index in [0.717, 1.165) is 42.6 Å². The first-order valence-corrected chi connectivity index (χ1v) is 9.98. The molecule has 1 atom stereocenters. The molecule has 2 aromatic rings. The van der Waals surface area contributed by atoms with E-state index in [0.29, 0.717) is 22.9 Å². The van der Waals surface area contributed by atoms with Gasteiger partial charge in [0, 0.05) is 13.1 Å². The Morgan fingerprint density at radius 3 is 2.32 bits per heavy atom. The lowest BCUT2D eigenvalue weighted by molar-refractivity contribution is -0.120. The average Bonchev–Trinajstić information content (AvgIpc) is 2.93. The molecule has 0 saturated carbocycles. The van der Waals surface area contributed by atoms with Gasteiger partial charge in [0.15, 0.2) is 0 Å². The van der Waals surface area contributed by atoms with E-state index in [4.69, 9.17) is 0 Å². The van der Waals surface area contributed by atoms with Crippen LogP contribution >= 0.6 is 0 Å². The summed E-state index contributed by atoms with van der Waals surface area (Å²) in [6.07, 6.45) is 2.20. The number of carbonyl (C=O) groups is 2. The number of para-hydroxylation sites is 1. The summed E-state index contributed by atoms with van der Waals surface area (Å²) in [5.74, 6) is 0.0799. The molecule has 144 valence electrons. The molecular formula is C24H26N2O2. The number of aryl methyl sites for hydroxylation is 2. The van der Waals surface area contributed by atoms with Gasteiger partial charge in [-0.2, -0.15) is 0 Å². The summed E-state index contributed by atoms with van der Waals surface area (Å²) >= 11 is 0. The third-order valence-electron chi connectivity index (χ3n) is 5.73. The number of anilines is 1. The summed E-state index contributed by atoms with van der Waals surface area (Å²) in [6.45, 7) is 7.79. The number of piperidine rings is 1. The molecule has 0 aliphatic carbocycles. The number of benzene rings is 2. The van der Waals surface area contributed by atoms with Gasteiger partial charge in [0.25, 0.3) is 11.8 Å². The van der Waals surface area contributed by atoms with Gasteiger partial charge in [-0.25, -0.2) is 4.90 Å². The fraction of sp³-hybridized carbons (Fsp3) is 0.333. The smallest absolute Gasteiger partial charge is 0.282 e. The highest BCUT2D eigenvalue weighted by molar-refractivity contribution is 6.45. The molecule has 0 N–H and O–H groups in total. The highest BCUT2D eigenvalue weighted by Gasteiger charge is 2.43. The van der Waals surface area contributed by atoms with Crippen LogP contribution in [0.3, 0.4) is 0 Å². The van der Waals surface area contributed by atoms with Gasteiger partial charge in [0.05, 0.1) is 11.3 Å². The minimum absolute atomic E-state index is 0.205. The Bertz CT molecular complexity index is 959. The van der Waals surface area contributed by atoms with Crippen molar-refractivity contribution in [3.8, 4) is 0 Å². The van der Waals surface area contributed by atoms with E-state index in [1.165, 1.54) is 4.90 Å². The summed E-state index contributed by atoms with van der Waals surface area (Å²) in [4.78, 5) is 30.5. The van der Waals surface area contributed by atoms with Crippen molar-refractivity contribution in [2.24, 2.45) is 5.92 Å². The van der Waals surface area contributed by atoms with Crippen LogP contribution in [-0.4, -0.2) is 29.8 Å². The second-order valence-electron chi connectivity index (χ2n) is 8.02. The number of imide groups is 1. The lowest BCUT2D eigenvalue weighted by Gasteiger charge is -2.33. The van der Waals surface area contributed by atoms with Crippen LogP contribution in [0, 0.1) is 19.8 Å². The molecular weight excluding hydrogens is 348 g/mol. The van der Waals surface area contributed by atoms with Crippen molar-refractivity contribution in [2.75, 3.05) is 18.0 Å². The highest BCUT2D eigenvalue weighted by Crippen LogP contribution is 2.37. The summed E-state index contributed by atoms with van der Waals surface area (Å²) in [5.41, 5.74) is 4.62. The zero-order valence-corrected chi connectivity index (χ0v) is 16.7. The Hall–Kier alpha value is -2.88. The van der Waals surface area contributed by atoms with E-state index in [-0.39, 0.29) is 11.8 Å². The normalized spacial score (nSPS) is 20.3. The van der Waals surface area contributed by atoms with Gasteiger partial charge >= 0.3 is 0 Å². The van der Waals surface area contributed by atoms with E-state index in [9.17, 15) is 9.59 Å². The monoisotopic (exact) mass is 374 g/mol. The molecule has 0 aromatic heterocycles. The highest BCUT2D eigenvalue weighted by atomic mass is 16.2. The van der Waals surface area contributed by atoms with Crippen molar-refractivity contribution >= 4 is 23.1 Å². The standard InChI is InChI=1S/C24H26N2O2/c1-16-10-12-19(13-11-16)21-22(25-14-6-7-17(2)15-25)24(28)26(23(21)27)20-9-5-4-8-18(20)3/h4-5,8-13,17H,6-7,14-15H2,1-3H3. The number of amides is 2. The van der Waals surface area contributed by atoms with Crippen molar-refractivity contribution in [1.82, 2.24) is 4.90 Å². The second kappa shape index (κ2) is 7.27. The van der Waals surface area contributed by atoms with Crippen molar-refractivity contribution in [2.45, 2.75) is 33.6 Å². The maximum Gasteiger partial charge on any atom is 0.282 e. The first-order valence-electron chi connectivity index (χ1n) is 9.98. The molecule has 2 heterocycles. The molecule has 0 radical (unpaired) electrons. The van der Waals surface area contributed by atoms with Crippen molar-refractivity contribution < 1.29 is 9.59 Å². The predicted octanol–water partition coefficient (Wildman–Crippen LogP) is 4.32. The lowest BCUT2D eigenvalue weighted by Crippen LogP contribution is -2.39. The van der Waals surface area contributed by atoms with Crippen LogP contribution in [0.15, 0.2) is 54.2 Å². The van der Waals surface area contributed by atoms with Gasteiger partial charge in [0.1, 0.15) is 5.70 Å². The van der Waals surface area contributed by atoms with Crippen LogP contribution in [0.5, 0.6) is 0 Å². The molecule has 2 aliphatic rings. The lowest BCUT2D eigenvalue weighted by atomic mass is 9.97. The molecule has 4 rings (SSSR count). The quantitative estimate of drug-likeness (QED) is 0.751. The minimum Gasteiger partial charge on any atom is -0.366 e. The van der Waals surface area contributed by atoms with Gasteiger partial charge < -0.3 is 4.90 Å². The van der Waals surface area contributed by atoms with Gasteiger partial charge in [0.2, 0.25) is 0 Å². The van der Waals surface area contributed by atoms with E-state index < -0.39 is 0 Å². The first-order chi connectivity index (χ1) is 13.5. The first kappa shape index (κ1) is 18.5. The predicted molar refractivity (Wildman–Crippen MR) is 112 cm³/mol. The summed E-state index contributed by atoms with van der Waals surface area (Å²) < 4.78 is 0. The second-order valence-corrected chi connectivity index (χ2v) is 8.02. The Labute approximate surface area is 166 Å². The molecule has 2 amide bonds. The molecule has 1 saturated heterocycles. The number of hydrogen-bond acceptors (Lipinski definition) is 3. The third-order valence-corrected chi connectivity index (χ3v) is 5.73. The van der Waals surface area contributed by atoms with Crippen molar-refractivity contribution in [3.05, 3.63) is 70.9 Å². The molecule has 0 spiro atoms. The molecule has 2 aromatic carbocycles. The van der Waals surface area contributed by atoms with Crippen LogP contribution in [-0.2, 0) is 9.59 Å². The van der Waals surface area contributed by atoms with Crippen LogP contribution in [0.2, 0.25) is 0 Å². The Balaban J connectivity index is 1.85. The maximum atomic E-state index is 13.5. The maximum absolute atomic E-state index is 13.5. The third kappa shape index (κ3) is 3.13. The van der Waals surface area contributed by atoms with Gasteiger partial charge in [-0.1, -0.05) is 55.0 Å². The van der Waals surface area contributed by atoms with E-state index in [1.807, 2.05) is 62.4 Å². The Kier molecular flexibility index (Phi) is 4.80. The largest absolute Gasteiger partial charge is 0.366 e. The molecule has 1 fully saturated rings. The SMILES string of the molecule is Cc1ccc(C2=C(N3CCCC(C)C3)C(=O)N(c3ccccc3C)C2=O)cc1. The molecule has 1 unspecified atom stereocenters. The topological polar surface area (TPSA) is 40.6 Å². The van der Waals surface area contributed by atoms with Crippen molar-refractivity contribution in [3.63, 3.8) is 0 Å². The zero-order valence-electron chi connectivity index (χ0n) is 16.7. The number of hydrogen-bond donors (Lipinski definition) is 0. The van der Waals surface area contributed by atoms with E-state index in [1.54, 1.807) is 0 Å². The summed E-state index contributed by atoms with van der Waals surface area (Å²) in [5, 5.41) is 0. The summed E-state index contributed by atoms with van der Waals surface area (Å²) in [7, 11) is 0. The van der Waals surface area contributed by atoms with E-state index in [2.05, 4.69) is 11.8 Å². The molecule has 0 bridgehead atoms. The molecule has 28 heavy (non-hydrogen) atoms.